The van der Waals surface area contributed by atoms with Crippen molar-refractivity contribution >= 4 is 40.2 Å². The number of hydrogen-bond acceptors (Lipinski definition) is 6. The van der Waals surface area contributed by atoms with E-state index in [1.165, 1.54) is 18.3 Å². The lowest BCUT2D eigenvalue weighted by atomic mass is 10.3. The summed E-state index contributed by atoms with van der Waals surface area (Å²) in [5, 5.41) is 4.51. The van der Waals surface area contributed by atoms with Crippen molar-refractivity contribution in [3.8, 4) is 0 Å². The van der Waals surface area contributed by atoms with Crippen LogP contribution >= 0.6 is 11.3 Å². The molecule has 0 radical (unpaired) electrons. The lowest BCUT2D eigenvalue weighted by Gasteiger charge is -2.17. The Morgan fingerprint density at radius 2 is 2.00 bits per heavy atom. The molecule has 1 aliphatic heterocycles. The molecular weight excluding hydrogens is 296 g/mol. The average Bonchev–Trinajstić information content (AvgIpc) is 2.88. The van der Waals surface area contributed by atoms with Gasteiger partial charge in [-0.2, -0.15) is 0 Å². The summed E-state index contributed by atoms with van der Waals surface area (Å²) >= 11 is 1.18. The molecule has 8 nitrogen and oxygen atoms in total. The van der Waals surface area contributed by atoms with Crippen LogP contribution in [0.25, 0.3) is 0 Å². The number of thiazole rings is 1. The molecular formula is C12H14N4O4S. The van der Waals surface area contributed by atoms with E-state index < -0.39 is 17.8 Å². The minimum absolute atomic E-state index is 0.0945. The number of imide groups is 2. The predicted molar refractivity (Wildman–Crippen MR) is 74.3 cm³/mol. The van der Waals surface area contributed by atoms with Crippen molar-refractivity contribution in [3.63, 3.8) is 0 Å². The van der Waals surface area contributed by atoms with E-state index in [1.807, 2.05) is 0 Å². The molecule has 9 heteroatoms. The van der Waals surface area contributed by atoms with Crippen molar-refractivity contribution in [1.82, 2.24) is 14.8 Å². The lowest BCUT2D eigenvalue weighted by molar-refractivity contribution is -0.144. The SMILES string of the molecule is CC(=O)Nc1nc(CN2C(=O)C(=O)N(C(C)C)C2=O)cs1. The number of hydrogen-bond donors (Lipinski definition) is 1. The van der Waals surface area contributed by atoms with Gasteiger partial charge in [0, 0.05) is 18.3 Å². The van der Waals surface area contributed by atoms with Crippen molar-refractivity contribution in [2.45, 2.75) is 33.4 Å². The van der Waals surface area contributed by atoms with Gasteiger partial charge in [0.2, 0.25) is 5.91 Å². The van der Waals surface area contributed by atoms with E-state index in [0.717, 1.165) is 9.80 Å². The zero-order valence-electron chi connectivity index (χ0n) is 11.7. The highest BCUT2D eigenvalue weighted by Crippen LogP contribution is 2.21. The minimum Gasteiger partial charge on any atom is -0.302 e. The smallest absolute Gasteiger partial charge is 0.302 e. The Bertz CT molecular complexity index is 625. The second-order valence-corrected chi connectivity index (χ2v) is 5.63. The average molecular weight is 310 g/mol. The molecule has 1 aromatic rings. The van der Waals surface area contributed by atoms with Gasteiger partial charge in [0.25, 0.3) is 0 Å². The first kappa shape index (κ1) is 15.1. The largest absolute Gasteiger partial charge is 0.334 e. The first-order valence-corrected chi connectivity index (χ1v) is 7.10. The Balaban J connectivity index is 2.14. The Morgan fingerprint density at radius 3 is 2.52 bits per heavy atom. The van der Waals surface area contributed by atoms with Crippen LogP contribution in [-0.2, 0) is 20.9 Å². The van der Waals surface area contributed by atoms with Crippen LogP contribution in [0.2, 0.25) is 0 Å². The summed E-state index contributed by atoms with van der Waals surface area (Å²) in [4.78, 5) is 52.4. The van der Waals surface area contributed by atoms with Crippen LogP contribution in [0.15, 0.2) is 5.38 Å². The van der Waals surface area contributed by atoms with Crippen LogP contribution in [0.5, 0.6) is 0 Å². The zero-order valence-corrected chi connectivity index (χ0v) is 12.6. The van der Waals surface area contributed by atoms with E-state index in [1.54, 1.807) is 19.2 Å². The zero-order chi connectivity index (χ0) is 15.7. The summed E-state index contributed by atoms with van der Waals surface area (Å²) in [5.41, 5.74) is 0.434. The van der Waals surface area contributed by atoms with Crippen molar-refractivity contribution in [2.24, 2.45) is 0 Å². The standard InChI is InChI=1S/C12H14N4O4S/c1-6(2)16-10(19)9(18)15(12(16)20)4-8-5-21-11(14-8)13-7(3)17/h5-6H,4H2,1-3H3,(H,13,14,17). The Labute approximate surface area is 124 Å². The summed E-state index contributed by atoms with van der Waals surface area (Å²) in [6.45, 7) is 4.57. The molecule has 1 saturated heterocycles. The fourth-order valence-electron chi connectivity index (χ4n) is 1.87. The number of nitrogens with one attached hydrogen (secondary N) is 1. The van der Waals surface area contributed by atoms with Gasteiger partial charge in [-0.1, -0.05) is 0 Å². The van der Waals surface area contributed by atoms with E-state index in [9.17, 15) is 19.2 Å². The second-order valence-electron chi connectivity index (χ2n) is 4.77. The van der Waals surface area contributed by atoms with E-state index >= 15 is 0 Å². The van der Waals surface area contributed by atoms with Gasteiger partial charge in [-0.3, -0.25) is 19.3 Å². The lowest BCUT2D eigenvalue weighted by Crippen LogP contribution is -2.37. The predicted octanol–water partition coefficient (Wildman–Crippen LogP) is 0.801. The maximum absolute atomic E-state index is 12.1. The number of aromatic nitrogens is 1. The summed E-state index contributed by atoms with van der Waals surface area (Å²) in [6, 6.07) is -1.03. The molecule has 1 aromatic heterocycles. The van der Waals surface area contributed by atoms with Crippen molar-refractivity contribution in [3.05, 3.63) is 11.1 Å². The van der Waals surface area contributed by atoms with Crippen LogP contribution in [0.1, 0.15) is 26.5 Å². The molecule has 0 bridgehead atoms. The van der Waals surface area contributed by atoms with Crippen molar-refractivity contribution < 1.29 is 19.2 Å². The minimum atomic E-state index is -0.859. The monoisotopic (exact) mass is 310 g/mol. The van der Waals surface area contributed by atoms with Gasteiger partial charge in [0.1, 0.15) is 0 Å². The maximum atomic E-state index is 12.1. The van der Waals surface area contributed by atoms with Gasteiger partial charge in [-0.25, -0.2) is 14.7 Å². The first-order chi connectivity index (χ1) is 9.81. The van der Waals surface area contributed by atoms with Crippen LogP contribution in [0.3, 0.4) is 0 Å². The van der Waals surface area contributed by atoms with Gasteiger partial charge < -0.3 is 5.32 Å². The van der Waals surface area contributed by atoms with Crippen LogP contribution in [0.4, 0.5) is 9.93 Å². The fourth-order valence-corrected chi connectivity index (χ4v) is 2.61. The molecule has 2 rings (SSSR count). The molecule has 2 heterocycles. The third-order valence-corrected chi connectivity index (χ3v) is 3.56. The van der Waals surface area contributed by atoms with Crippen LogP contribution < -0.4 is 5.32 Å². The number of urea groups is 1. The third kappa shape index (κ3) is 2.92. The maximum Gasteiger partial charge on any atom is 0.334 e. The summed E-state index contributed by atoms with van der Waals surface area (Å²) in [7, 11) is 0. The molecule has 0 unspecified atom stereocenters. The summed E-state index contributed by atoms with van der Waals surface area (Å²) in [5.74, 6) is -1.94. The van der Waals surface area contributed by atoms with E-state index in [0.29, 0.717) is 10.8 Å². The molecule has 0 atom stereocenters. The van der Waals surface area contributed by atoms with Gasteiger partial charge in [0.05, 0.1) is 12.2 Å². The molecule has 1 fully saturated rings. The Hall–Kier alpha value is -2.29. The number of amides is 5. The van der Waals surface area contributed by atoms with Crippen LogP contribution in [-0.4, -0.2) is 44.6 Å². The number of carbonyl (C=O) groups is 4. The number of rotatable bonds is 4. The van der Waals surface area contributed by atoms with Gasteiger partial charge in [0.15, 0.2) is 5.13 Å². The topological polar surface area (TPSA) is 99.7 Å². The third-order valence-electron chi connectivity index (χ3n) is 2.76. The summed E-state index contributed by atoms with van der Waals surface area (Å²) < 4.78 is 0. The molecule has 5 amide bonds. The molecule has 0 spiro atoms. The highest BCUT2D eigenvalue weighted by atomic mass is 32.1. The highest BCUT2D eigenvalue weighted by Gasteiger charge is 2.45. The van der Waals surface area contributed by atoms with Gasteiger partial charge >= 0.3 is 17.8 Å². The number of nitrogens with zero attached hydrogens (tertiary/aromatic N) is 3. The second kappa shape index (κ2) is 5.60. The quantitative estimate of drug-likeness (QED) is 0.655. The number of carbonyl (C=O) groups excluding carboxylic acids is 4. The normalized spacial score (nSPS) is 15.3. The molecule has 0 aromatic carbocycles. The highest BCUT2D eigenvalue weighted by molar-refractivity contribution is 7.13. The van der Waals surface area contributed by atoms with Crippen molar-refractivity contribution in [2.75, 3.05) is 5.32 Å². The fraction of sp³-hybridized carbons (Fsp3) is 0.417. The Morgan fingerprint density at radius 1 is 1.33 bits per heavy atom. The molecule has 1 aliphatic rings. The molecule has 21 heavy (non-hydrogen) atoms. The van der Waals surface area contributed by atoms with E-state index in [4.69, 9.17) is 0 Å². The summed E-state index contributed by atoms with van der Waals surface area (Å²) in [6.07, 6.45) is 0. The molecule has 112 valence electrons. The number of anilines is 1. The van der Waals surface area contributed by atoms with Crippen LogP contribution in [0, 0.1) is 0 Å². The van der Waals surface area contributed by atoms with Gasteiger partial charge in [-0.15, -0.1) is 11.3 Å². The Kier molecular flexibility index (Phi) is 4.03. The van der Waals surface area contributed by atoms with Gasteiger partial charge in [-0.05, 0) is 13.8 Å². The van der Waals surface area contributed by atoms with Crippen molar-refractivity contribution in [1.29, 1.82) is 0 Å². The molecule has 0 saturated carbocycles. The molecule has 0 aliphatic carbocycles. The first-order valence-electron chi connectivity index (χ1n) is 6.22. The van der Waals surface area contributed by atoms with E-state index in [2.05, 4.69) is 10.3 Å². The van der Waals surface area contributed by atoms with E-state index in [-0.39, 0.29) is 18.5 Å². The molecule has 1 N–H and O–H groups in total.